The Morgan fingerprint density at radius 3 is 2.69 bits per heavy atom. The fourth-order valence-electron chi connectivity index (χ4n) is 1.66. The monoisotopic (exact) mass is 254 g/mol. The van der Waals surface area contributed by atoms with Crippen LogP contribution in [-0.4, -0.2) is 24.1 Å². The molecule has 1 aliphatic carbocycles. The van der Waals surface area contributed by atoms with Crippen LogP contribution < -0.4 is 0 Å². The summed E-state index contributed by atoms with van der Waals surface area (Å²) >= 11 is 5.12. The molecule has 0 radical (unpaired) electrons. The van der Waals surface area contributed by atoms with Gasteiger partial charge in [-0.3, -0.25) is 4.79 Å². The summed E-state index contributed by atoms with van der Waals surface area (Å²) < 4.78 is 43.4. The van der Waals surface area contributed by atoms with Gasteiger partial charge in [0.1, 0.15) is 0 Å². The highest BCUT2D eigenvalue weighted by atomic mass is 35.5. The maximum atomic E-state index is 12.9. The Morgan fingerprint density at radius 1 is 1.62 bits per heavy atom. The van der Waals surface area contributed by atoms with E-state index < -0.39 is 23.4 Å². The van der Waals surface area contributed by atoms with Crippen LogP contribution in [0.2, 0.25) is 0 Å². The first-order valence-corrected chi connectivity index (χ1v) is 4.87. The Kier molecular flexibility index (Phi) is 3.80. The normalized spacial score (nSPS) is 25.4. The molecule has 0 aromatic heterocycles. The molecule has 0 aromatic carbocycles. The van der Waals surface area contributed by atoms with Crippen LogP contribution >= 0.6 is 11.6 Å². The van der Waals surface area contributed by atoms with E-state index in [4.69, 9.17) is 11.6 Å². The molecular formula is C10H10ClF3O2. The minimum atomic E-state index is -4.58. The maximum Gasteiger partial charge on any atom is 0.421 e. The minimum absolute atomic E-state index is 0.162. The number of halogens is 4. The molecular weight excluding hydrogens is 245 g/mol. The van der Waals surface area contributed by atoms with Crippen molar-refractivity contribution in [3.8, 4) is 0 Å². The van der Waals surface area contributed by atoms with Crippen molar-refractivity contribution in [3.63, 3.8) is 0 Å². The largest absolute Gasteiger partial charge is 0.421 e. The van der Waals surface area contributed by atoms with E-state index in [1.165, 1.54) is 18.2 Å². The van der Waals surface area contributed by atoms with Gasteiger partial charge < -0.3 is 4.74 Å². The number of carbonyl (C=O) groups excluding carboxylic acids is 1. The Hall–Kier alpha value is -0.810. The molecule has 0 saturated heterocycles. The van der Waals surface area contributed by atoms with Gasteiger partial charge in [-0.2, -0.15) is 13.2 Å². The van der Waals surface area contributed by atoms with Crippen LogP contribution in [0.25, 0.3) is 0 Å². The molecule has 16 heavy (non-hydrogen) atoms. The van der Waals surface area contributed by atoms with E-state index in [0.717, 1.165) is 7.11 Å². The Balaban J connectivity index is 3.13. The first-order valence-electron chi connectivity index (χ1n) is 4.50. The van der Waals surface area contributed by atoms with Gasteiger partial charge in [-0.25, -0.2) is 0 Å². The van der Waals surface area contributed by atoms with Gasteiger partial charge in [-0.05, 0) is 17.2 Å². The molecule has 0 saturated carbocycles. The van der Waals surface area contributed by atoms with Gasteiger partial charge in [-0.15, -0.1) is 0 Å². The van der Waals surface area contributed by atoms with Crippen LogP contribution in [0.1, 0.15) is 12.8 Å². The van der Waals surface area contributed by atoms with E-state index in [-0.39, 0.29) is 12.0 Å². The summed E-state index contributed by atoms with van der Waals surface area (Å²) in [5.41, 5.74) is -2.59. The molecule has 6 heteroatoms. The first kappa shape index (κ1) is 13.3. The number of hydrogen-bond acceptors (Lipinski definition) is 2. The molecule has 1 unspecified atom stereocenters. The average Bonchev–Trinajstić information content (AvgIpc) is 2.16. The van der Waals surface area contributed by atoms with Crippen molar-refractivity contribution < 1.29 is 22.7 Å². The third-order valence-electron chi connectivity index (χ3n) is 2.49. The van der Waals surface area contributed by atoms with Crippen molar-refractivity contribution in [2.75, 3.05) is 7.11 Å². The van der Waals surface area contributed by atoms with Gasteiger partial charge in [0.25, 0.3) is 0 Å². The number of carbonyl (C=O) groups is 1. The molecule has 2 nitrogen and oxygen atoms in total. The lowest BCUT2D eigenvalue weighted by Crippen LogP contribution is -2.49. The fraction of sp³-hybridized carbons (Fsp3) is 0.500. The summed E-state index contributed by atoms with van der Waals surface area (Å²) in [6.07, 6.45) is -1.37. The molecule has 0 spiro atoms. The maximum absolute atomic E-state index is 12.9. The van der Waals surface area contributed by atoms with Gasteiger partial charge in [0.15, 0.2) is 5.60 Å². The molecule has 0 aromatic rings. The summed E-state index contributed by atoms with van der Waals surface area (Å²) in [4.78, 5) is 10.7. The second kappa shape index (κ2) is 4.59. The smallest absolute Gasteiger partial charge is 0.364 e. The molecule has 90 valence electrons. The van der Waals surface area contributed by atoms with Gasteiger partial charge in [0.2, 0.25) is 5.24 Å². The third-order valence-corrected chi connectivity index (χ3v) is 2.63. The minimum Gasteiger partial charge on any atom is -0.364 e. The average molecular weight is 255 g/mol. The predicted octanol–water partition coefficient (Wildman–Crippen LogP) is 2.98. The summed E-state index contributed by atoms with van der Waals surface area (Å²) in [5, 5.41) is -0.841. The van der Waals surface area contributed by atoms with Crippen molar-refractivity contribution >= 4 is 16.8 Å². The summed E-state index contributed by atoms with van der Waals surface area (Å²) in [6.45, 7) is 0. The van der Waals surface area contributed by atoms with Crippen LogP contribution in [0.3, 0.4) is 0 Å². The lowest BCUT2D eigenvalue weighted by atomic mass is 9.84. The number of hydrogen-bond donors (Lipinski definition) is 0. The lowest BCUT2D eigenvalue weighted by molar-refractivity contribution is -0.253. The number of allylic oxidation sites excluding steroid dienone is 2. The van der Waals surface area contributed by atoms with Gasteiger partial charge in [-0.1, -0.05) is 18.2 Å². The van der Waals surface area contributed by atoms with Gasteiger partial charge in [0, 0.05) is 20.0 Å². The van der Waals surface area contributed by atoms with Crippen LogP contribution in [0.15, 0.2) is 23.8 Å². The first-order chi connectivity index (χ1) is 7.33. The van der Waals surface area contributed by atoms with E-state index in [9.17, 15) is 18.0 Å². The molecule has 0 amide bonds. The van der Waals surface area contributed by atoms with E-state index in [0.29, 0.717) is 0 Å². The Morgan fingerprint density at radius 2 is 2.25 bits per heavy atom. The fourth-order valence-corrected chi connectivity index (χ4v) is 1.81. The van der Waals surface area contributed by atoms with E-state index in [2.05, 4.69) is 4.74 Å². The van der Waals surface area contributed by atoms with Crippen molar-refractivity contribution in [2.45, 2.75) is 24.6 Å². The van der Waals surface area contributed by atoms with Crippen molar-refractivity contribution in [3.05, 3.63) is 23.8 Å². The zero-order chi connectivity index (χ0) is 12.4. The quantitative estimate of drug-likeness (QED) is 0.724. The lowest BCUT2D eigenvalue weighted by Gasteiger charge is -2.36. The summed E-state index contributed by atoms with van der Waals surface area (Å²) in [6, 6.07) is 0. The van der Waals surface area contributed by atoms with E-state index in [1.54, 1.807) is 0 Å². The molecule has 0 fully saturated rings. The Labute approximate surface area is 95.7 Å². The van der Waals surface area contributed by atoms with E-state index in [1.807, 2.05) is 0 Å². The zero-order valence-corrected chi connectivity index (χ0v) is 9.23. The van der Waals surface area contributed by atoms with E-state index >= 15 is 0 Å². The van der Waals surface area contributed by atoms with Gasteiger partial charge >= 0.3 is 6.18 Å². The highest BCUT2D eigenvalue weighted by molar-refractivity contribution is 6.63. The topological polar surface area (TPSA) is 26.3 Å². The molecule has 1 aliphatic rings. The Bertz CT molecular complexity index is 346. The highest BCUT2D eigenvalue weighted by Crippen LogP contribution is 2.44. The molecule has 0 N–H and O–H groups in total. The number of methoxy groups -OCH3 is 1. The van der Waals surface area contributed by atoms with Crippen LogP contribution in [0, 0.1) is 0 Å². The number of rotatable bonds is 3. The molecule has 1 rings (SSSR count). The summed E-state index contributed by atoms with van der Waals surface area (Å²) in [7, 11) is 0.971. The molecule has 0 bridgehead atoms. The second-order valence-electron chi connectivity index (χ2n) is 3.38. The van der Waals surface area contributed by atoms with Crippen LogP contribution in [0.4, 0.5) is 13.2 Å². The van der Waals surface area contributed by atoms with Crippen LogP contribution in [0.5, 0.6) is 0 Å². The highest BCUT2D eigenvalue weighted by Gasteiger charge is 2.57. The SMILES string of the molecule is COC1(C(F)(F)F)CC=CC=C1CC(=O)Cl. The summed E-state index contributed by atoms with van der Waals surface area (Å²) in [5.74, 6) is 0. The standard InChI is InChI=1S/C10H10ClF3O2/c1-16-9(10(12,13)14)5-3-2-4-7(9)6-8(11)15/h2-4H,5-6H2,1H3. The number of ether oxygens (including phenoxy) is 1. The molecule has 0 heterocycles. The molecule has 0 aliphatic heterocycles. The van der Waals surface area contributed by atoms with Crippen molar-refractivity contribution in [2.24, 2.45) is 0 Å². The van der Waals surface area contributed by atoms with Gasteiger partial charge in [0.05, 0.1) is 0 Å². The molecule has 1 atom stereocenters. The predicted molar refractivity (Wildman–Crippen MR) is 53.1 cm³/mol. The van der Waals surface area contributed by atoms with Crippen molar-refractivity contribution in [1.82, 2.24) is 0 Å². The second-order valence-corrected chi connectivity index (χ2v) is 3.81. The van der Waals surface area contributed by atoms with Crippen LogP contribution in [-0.2, 0) is 9.53 Å². The third kappa shape index (κ3) is 2.30. The zero-order valence-electron chi connectivity index (χ0n) is 8.47. The number of alkyl halides is 3. The van der Waals surface area contributed by atoms with Crippen molar-refractivity contribution in [1.29, 1.82) is 0 Å².